The molecule has 0 radical (unpaired) electrons. The third kappa shape index (κ3) is 1.70. The zero-order valence-corrected chi connectivity index (χ0v) is 8.27. The molecule has 0 aliphatic carbocycles. The highest BCUT2D eigenvalue weighted by Crippen LogP contribution is 2.14. The maximum absolute atomic E-state index is 11.2. The summed E-state index contributed by atoms with van der Waals surface area (Å²) in [5.41, 5.74) is 0. The van der Waals surface area contributed by atoms with Gasteiger partial charge in [-0.15, -0.1) is 0 Å². The van der Waals surface area contributed by atoms with E-state index in [1.54, 1.807) is 0 Å². The van der Waals surface area contributed by atoms with Crippen molar-refractivity contribution in [3.8, 4) is 0 Å². The molecule has 76 valence electrons. The molecule has 0 aromatic heterocycles. The van der Waals surface area contributed by atoms with Gasteiger partial charge >= 0.3 is 0 Å². The van der Waals surface area contributed by atoms with Crippen LogP contribution in [0.3, 0.4) is 0 Å². The van der Waals surface area contributed by atoms with E-state index in [4.69, 9.17) is 0 Å². The smallest absolute Gasteiger partial charge is 0.253 e. The third-order valence-electron chi connectivity index (χ3n) is 2.68. The fourth-order valence-corrected chi connectivity index (χ4v) is 1.90. The van der Waals surface area contributed by atoms with Crippen molar-refractivity contribution in [2.45, 2.75) is 6.92 Å². The minimum Gasteiger partial charge on any atom is -0.301 e. The Kier molecular flexibility index (Phi) is 2.37. The number of hydrogen-bond donors (Lipinski definition) is 0. The first-order chi connectivity index (χ1) is 6.66. The lowest BCUT2D eigenvalue weighted by atomic mass is 10.0. The summed E-state index contributed by atoms with van der Waals surface area (Å²) in [4.78, 5) is 25.9. The number of imide groups is 1. The van der Waals surface area contributed by atoms with E-state index in [0.29, 0.717) is 6.54 Å². The third-order valence-corrected chi connectivity index (χ3v) is 2.68. The molecule has 0 bridgehead atoms. The van der Waals surface area contributed by atoms with Crippen molar-refractivity contribution in [1.82, 2.24) is 9.80 Å². The lowest BCUT2D eigenvalue weighted by Crippen LogP contribution is -2.49. The molecule has 0 unspecified atom stereocenters. The Balaban J connectivity index is 1.76. The molecule has 2 aliphatic rings. The normalized spacial score (nSPS) is 23.4. The molecule has 2 rings (SSSR count). The number of carbonyl (C=O) groups excluding carboxylic acids is 2. The van der Waals surface area contributed by atoms with Crippen molar-refractivity contribution < 1.29 is 9.59 Å². The van der Waals surface area contributed by atoms with Crippen molar-refractivity contribution in [3.63, 3.8) is 0 Å². The Labute approximate surface area is 83.2 Å². The molecule has 0 spiro atoms. The van der Waals surface area contributed by atoms with E-state index in [1.165, 1.54) is 17.1 Å². The van der Waals surface area contributed by atoms with Crippen LogP contribution >= 0.6 is 0 Å². The Morgan fingerprint density at radius 2 is 1.79 bits per heavy atom. The van der Waals surface area contributed by atoms with Gasteiger partial charge in [0.15, 0.2) is 0 Å². The predicted octanol–water partition coefficient (Wildman–Crippen LogP) is -0.137. The van der Waals surface area contributed by atoms with Crippen LogP contribution in [0.5, 0.6) is 0 Å². The van der Waals surface area contributed by atoms with Crippen molar-refractivity contribution >= 4 is 11.8 Å². The van der Waals surface area contributed by atoms with Crippen molar-refractivity contribution in [2.24, 2.45) is 5.92 Å². The number of hydrogen-bond acceptors (Lipinski definition) is 3. The second-order valence-corrected chi connectivity index (χ2v) is 4.03. The molecule has 0 aromatic carbocycles. The van der Waals surface area contributed by atoms with E-state index in [0.717, 1.165) is 25.6 Å². The molecule has 0 atom stereocenters. The van der Waals surface area contributed by atoms with Crippen LogP contribution in [0.4, 0.5) is 0 Å². The first kappa shape index (κ1) is 9.40. The monoisotopic (exact) mass is 194 g/mol. The largest absolute Gasteiger partial charge is 0.301 e. The summed E-state index contributed by atoms with van der Waals surface area (Å²) in [6, 6.07) is 0. The summed E-state index contributed by atoms with van der Waals surface area (Å²) in [6.45, 7) is 5.71. The highest BCUT2D eigenvalue weighted by Gasteiger charge is 2.26. The number of carbonyl (C=O) groups is 2. The molecule has 1 saturated heterocycles. The van der Waals surface area contributed by atoms with Gasteiger partial charge in [0.2, 0.25) is 0 Å². The second-order valence-electron chi connectivity index (χ2n) is 4.03. The van der Waals surface area contributed by atoms with Gasteiger partial charge in [0.1, 0.15) is 0 Å². The highest BCUT2D eigenvalue weighted by atomic mass is 16.2. The molecule has 2 heterocycles. The van der Waals surface area contributed by atoms with Gasteiger partial charge in [0, 0.05) is 38.3 Å². The quantitative estimate of drug-likeness (QED) is 0.587. The SMILES string of the molecule is CC1CN(CCN2C(=O)C=CC2=O)C1. The molecule has 0 N–H and O–H groups in total. The highest BCUT2D eigenvalue weighted by molar-refractivity contribution is 6.12. The van der Waals surface area contributed by atoms with Gasteiger partial charge in [-0.05, 0) is 5.92 Å². The minimum absolute atomic E-state index is 0.177. The van der Waals surface area contributed by atoms with Crippen LogP contribution in [0, 0.1) is 5.92 Å². The summed E-state index contributed by atoms with van der Waals surface area (Å²) >= 11 is 0. The zero-order valence-electron chi connectivity index (χ0n) is 8.27. The second kappa shape index (κ2) is 3.53. The number of amides is 2. The Bertz CT molecular complexity index is 274. The fourth-order valence-electron chi connectivity index (χ4n) is 1.90. The predicted molar refractivity (Wildman–Crippen MR) is 51.5 cm³/mol. The maximum Gasteiger partial charge on any atom is 0.253 e. The van der Waals surface area contributed by atoms with E-state index >= 15 is 0 Å². The minimum atomic E-state index is -0.177. The van der Waals surface area contributed by atoms with Gasteiger partial charge < -0.3 is 4.90 Å². The van der Waals surface area contributed by atoms with E-state index in [9.17, 15) is 9.59 Å². The summed E-state index contributed by atoms with van der Waals surface area (Å²) in [5.74, 6) is 0.408. The van der Waals surface area contributed by atoms with Gasteiger partial charge in [-0.2, -0.15) is 0 Å². The Morgan fingerprint density at radius 3 is 2.29 bits per heavy atom. The number of nitrogens with zero attached hydrogens (tertiary/aromatic N) is 2. The molecule has 2 aliphatic heterocycles. The summed E-state index contributed by atoms with van der Waals surface area (Å²) in [7, 11) is 0. The topological polar surface area (TPSA) is 40.6 Å². The fraction of sp³-hybridized carbons (Fsp3) is 0.600. The van der Waals surface area contributed by atoms with E-state index < -0.39 is 0 Å². The van der Waals surface area contributed by atoms with Gasteiger partial charge in [-0.25, -0.2) is 0 Å². The zero-order chi connectivity index (χ0) is 10.1. The van der Waals surface area contributed by atoms with Crippen LogP contribution in [0.15, 0.2) is 12.2 Å². The van der Waals surface area contributed by atoms with Crippen LogP contribution in [-0.4, -0.2) is 47.8 Å². The van der Waals surface area contributed by atoms with E-state index in [-0.39, 0.29) is 11.8 Å². The Morgan fingerprint density at radius 1 is 1.21 bits per heavy atom. The van der Waals surface area contributed by atoms with E-state index in [1.807, 2.05) is 0 Å². The molecular formula is C10H14N2O2. The van der Waals surface area contributed by atoms with Gasteiger partial charge in [0.25, 0.3) is 11.8 Å². The average Bonchev–Trinajstić information content (AvgIpc) is 2.40. The first-order valence-electron chi connectivity index (χ1n) is 4.92. The maximum atomic E-state index is 11.2. The van der Waals surface area contributed by atoms with Gasteiger partial charge in [0.05, 0.1) is 0 Å². The summed E-state index contributed by atoms with van der Waals surface area (Å²) in [6.07, 6.45) is 2.67. The molecule has 14 heavy (non-hydrogen) atoms. The average molecular weight is 194 g/mol. The van der Waals surface area contributed by atoms with E-state index in [2.05, 4.69) is 11.8 Å². The summed E-state index contributed by atoms with van der Waals surface area (Å²) < 4.78 is 0. The lowest BCUT2D eigenvalue weighted by molar-refractivity contribution is -0.137. The number of likely N-dealkylation sites (tertiary alicyclic amines) is 1. The van der Waals surface area contributed by atoms with Crippen LogP contribution in [0.1, 0.15) is 6.92 Å². The van der Waals surface area contributed by atoms with Crippen molar-refractivity contribution in [1.29, 1.82) is 0 Å². The molecule has 4 nitrogen and oxygen atoms in total. The van der Waals surface area contributed by atoms with Crippen LogP contribution in [0.2, 0.25) is 0 Å². The standard InChI is InChI=1S/C10H14N2O2/c1-8-6-11(7-8)4-5-12-9(13)2-3-10(12)14/h2-3,8H,4-7H2,1H3. The molecule has 0 saturated carbocycles. The molecular weight excluding hydrogens is 180 g/mol. The number of rotatable bonds is 3. The van der Waals surface area contributed by atoms with Crippen LogP contribution in [0.25, 0.3) is 0 Å². The van der Waals surface area contributed by atoms with Gasteiger partial charge in [-0.3, -0.25) is 14.5 Å². The van der Waals surface area contributed by atoms with Crippen LogP contribution < -0.4 is 0 Å². The lowest BCUT2D eigenvalue weighted by Gasteiger charge is -2.37. The van der Waals surface area contributed by atoms with Crippen molar-refractivity contribution in [2.75, 3.05) is 26.2 Å². The Hall–Kier alpha value is -1.16. The van der Waals surface area contributed by atoms with Gasteiger partial charge in [-0.1, -0.05) is 6.92 Å². The molecule has 0 aromatic rings. The molecule has 1 fully saturated rings. The van der Waals surface area contributed by atoms with Crippen molar-refractivity contribution in [3.05, 3.63) is 12.2 Å². The molecule has 4 heteroatoms. The first-order valence-corrected chi connectivity index (χ1v) is 4.92. The summed E-state index contributed by atoms with van der Waals surface area (Å²) in [5, 5.41) is 0. The van der Waals surface area contributed by atoms with Crippen LogP contribution in [-0.2, 0) is 9.59 Å². The molecule has 2 amide bonds.